The number of aromatic nitrogens is 3. The van der Waals surface area contributed by atoms with Crippen molar-refractivity contribution in [1.82, 2.24) is 15.2 Å². The van der Waals surface area contributed by atoms with E-state index in [-0.39, 0.29) is 0 Å². The molecule has 0 spiro atoms. The molecule has 1 aliphatic heterocycles. The van der Waals surface area contributed by atoms with Crippen LogP contribution in [0.5, 0.6) is 0 Å². The van der Waals surface area contributed by atoms with E-state index in [9.17, 15) is 0 Å². The second-order valence-corrected chi connectivity index (χ2v) is 6.97. The minimum absolute atomic E-state index is 0.646. The molecule has 2 aromatic carbocycles. The summed E-state index contributed by atoms with van der Waals surface area (Å²) in [6.45, 7) is 5.60. The number of rotatable bonds is 4. The van der Waals surface area contributed by atoms with Crippen molar-refractivity contribution in [2.24, 2.45) is 0 Å². The third-order valence-corrected chi connectivity index (χ3v) is 4.93. The van der Waals surface area contributed by atoms with Crippen LogP contribution in [0.15, 0.2) is 54.7 Å². The fraction of sp³-hybridized carbons (Fsp3) is 0.250. The van der Waals surface area contributed by atoms with Gasteiger partial charge in [0.2, 0.25) is 5.95 Å². The quantitative estimate of drug-likeness (QED) is 0.740. The maximum absolute atomic E-state index is 6.10. The van der Waals surface area contributed by atoms with Gasteiger partial charge in [0.05, 0.1) is 6.20 Å². The van der Waals surface area contributed by atoms with Crippen LogP contribution in [0.2, 0.25) is 5.02 Å². The number of benzene rings is 2. The molecule has 2 heterocycles. The molecule has 7 heteroatoms. The van der Waals surface area contributed by atoms with E-state index in [1.165, 1.54) is 5.69 Å². The summed E-state index contributed by atoms with van der Waals surface area (Å²) in [7, 11) is 0. The van der Waals surface area contributed by atoms with Crippen molar-refractivity contribution >= 4 is 34.7 Å². The van der Waals surface area contributed by atoms with Crippen LogP contribution < -0.4 is 15.1 Å². The SMILES string of the molecule is Cc1ccc(Cl)cc1Nc1cnnc(N2CCN(c3ccccc3)CC2)n1. The van der Waals surface area contributed by atoms with E-state index in [2.05, 4.69) is 54.6 Å². The van der Waals surface area contributed by atoms with Gasteiger partial charge in [-0.25, -0.2) is 0 Å². The number of hydrogen-bond acceptors (Lipinski definition) is 6. The summed E-state index contributed by atoms with van der Waals surface area (Å²) >= 11 is 6.10. The Hall–Kier alpha value is -2.86. The standard InChI is InChI=1S/C20H21ClN6/c1-15-7-8-16(21)13-18(15)23-19-14-22-25-20(24-19)27-11-9-26(10-12-27)17-5-3-2-4-6-17/h2-8,13-14H,9-12H2,1H3,(H,23,24,25). The van der Waals surface area contributed by atoms with Gasteiger partial charge in [0, 0.05) is 42.6 Å². The highest BCUT2D eigenvalue weighted by Gasteiger charge is 2.20. The molecule has 0 unspecified atom stereocenters. The van der Waals surface area contributed by atoms with Gasteiger partial charge in [0.15, 0.2) is 5.82 Å². The largest absolute Gasteiger partial charge is 0.368 e. The van der Waals surface area contributed by atoms with Crippen LogP contribution in [0.4, 0.5) is 23.1 Å². The van der Waals surface area contributed by atoms with E-state index < -0.39 is 0 Å². The number of nitrogens with zero attached hydrogens (tertiary/aromatic N) is 5. The number of hydrogen-bond donors (Lipinski definition) is 1. The Morgan fingerprint density at radius 2 is 1.70 bits per heavy atom. The number of aryl methyl sites for hydroxylation is 1. The lowest BCUT2D eigenvalue weighted by Crippen LogP contribution is -2.47. The van der Waals surface area contributed by atoms with Crippen LogP contribution in [-0.2, 0) is 0 Å². The van der Waals surface area contributed by atoms with E-state index in [1.54, 1.807) is 6.20 Å². The average molecular weight is 381 g/mol. The lowest BCUT2D eigenvalue weighted by molar-refractivity contribution is 0.635. The fourth-order valence-electron chi connectivity index (χ4n) is 3.16. The Morgan fingerprint density at radius 1 is 0.963 bits per heavy atom. The Morgan fingerprint density at radius 3 is 2.48 bits per heavy atom. The zero-order chi connectivity index (χ0) is 18.6. The van der Waals surface area contributed by atoms with E-state index in [1.807, 2.05) is 31.2 Å². The highest BCUT2D eigenvalue weighted by atomic mass is 35.5. The number of para-hydroxylation sites is 1. The number of piperazine rings is 1. The normalized spacial score (nSPS) is 14.3. The van der Waals surface area contributed by atoms with Gasteiger partial charge in [-0.05, 0) is 36.8 Å². The van der Waals surface area contributed by atoms with Gasteiger partial charge < -0.3 is 15.1 Å². The van der Waals surface area contributed by atoms with Crippen LogP contribution in [0.3, 0.4) is 0 Å². The maximum atomic E-state index is 6.10. The first kappa shape index (κ1) is 17.5. The summed E-state index contributed by atoms with van der Waals surface area (Å²) < 4.78 is 0. The van der Waals surface area contributed by atoms with Crippen molar-refractivity contribution in [2.75, 3.05) is 41.3 Å². The van der Waals surface area contributed by atoms with E-state index in [0.717, 1.165) is 37.4 Å². The molecule has 1 saturated heterocycles. The highest BCUT2D eigenvalue weighted by molar-refractivity contribution is 6.30. The third-order valence-electron chi connectivity index (χ3n) is 4.69. The molecule has 3 aromatic rings. The molecule has 27 heavy (non-hydrogen) atoms. The molecule has 0 amide bonds. The molecule has 138 valence electrons. The number of halogens is 1. The van der Waals surface area contributed by atoms with Crippen LogP contribution in [0.1, 0.15) is 5.56 Å². The predicted molar refractivity (Wildman–Crippen MR) is 110 cm³/mol. The van der Waals surface area contributed by atoms with E-state index >= 15 is 0 Å². The minimum atomic E-state index is 0.646. The molecular weight excluding hydrogens is 360 g/mol. The monoisotopic (exact) mass is 380 g/mol. The molecule has 0 aliphatic carbocycles. The molecule has 0 saturated carbocycles. The summed E-state index contributed by atoms with van der Waals surface area (Å²) in [5, 5.41) is 12.3. The third kappa shape index (κ3) is 4.11. The van der Waals surface area contributed by atoms with Gasteiger partial charge >= 0.3 is 0 Å². The summed E-state index contributed by atoms with van der Waals surface area (Å²) in [6, 6.07) is 16.2. The summed E-state index contributed by atoms with van der Waals surface area (Å²) in [4.78, 5) is 9.19. The zero-order valence-corrected chi connectivity index (χ0v) is 15.9. The van der Waals surface area contributed by atoms with Crippen molar-refractivity contribution in [3.05, 3.63) is 65.3 Å². The van der Waals surface area contributed by atoms with Crippen molar-refractivity contribution in [3.63, 3.8) is 0 Å². The van der Waals surface area contributed by atoms with E-state index in [4.69, 9.17) is 11.6 Å². The molecule has 1 aliphatic rings. The lowest BCUT2D eigenvalue weighted by atomic mass is 10.2. The lowest BCUT2D eigenvalue weighted by Gasteiger charge is -2.35. The van der Waals surface area contributed by atoms with Crippen molar-refractivity contribution in [2.45, 2.75) is 6.92 Å². The molecule has 1 fully saturated rings. The van der Waals surface area contributed by atoms with Crippen LogP contribution in [0, 0.1) is 6.92 Å². The number of anilines is 4. The Bertz CT molecular complexity index is 909. The summed E-state index contributed by atoms with van der Waals surface area (Å²) in [6.07, 6.45) is 1.63. The van der Waals surface area contributed by atoms with Gasteiger partial charge in [0.25, 0.3) is 0 Å². The molecular formula is C20H21ClN6. The van der Waals surface area contributed by atoms with Crippen LogP contribution in [0.25, 0.3) is 0 Å². The van der Waals surface area contributed by atoms with Gasteiger partial charge in [-0.3, -0.25) is 0 Å². The van der Waals surface area contributed by atoms with Crippen molar-refractivity contribution < 1.29 is 0 Å². The van der Waals surface area contributed by atoms with E-state index in [0.29, 0.717) is 16.8 Å². The molecule has 0 atom stereocenters. The van der Waals surface area contributed by atoms with Crippen LogP contribution >= 0.6 is 11.6 Å². The maximum Gasteiger partial charge on any atom is 0.247 e. The zero-order valence-electron chi connectivity index (χ0n) is 15.1. The Kier molecular flexibility index (Phi) is 5.07. The van der Waals surface area contributed by atoms with Gasteiger partial charge in [0.1, 0.15) is 0 Å². The first-order chi connectivity index (χ1) is 13.2. The van der Waals surface area contributed by atoms with Gasteiger partial charge in [-0.1, -0.05) is 35.9 Å². The average Bonchev–Trinajstić information content (AvgIpc) is 2.72. The highest BCUT2D eigenvalue weighted by Crippen LogP contribution is 2.24. The van der Waals surface area contributed by atoms with Crippen molar-refractivity contribution in [1.29, 1.82) is 0 Å². The molecule has 1 aromatic heterocycles. The second-order valence-electron chi connectivity index (χ2n) is 6.54. The van der Waals surface area contributed by atoms with Gasteiger partial charge in [-0.15, -0.1) is 5.10 Å². The molecule has 0 radical (unpaired) electrons. The predicted octanol–water partition coefficient (Wildman–Crippen LogP) is 3.90. The topological polar surface area (TPSA) is 57.2 Å². The van der Waals surface area contributed by atoms with Crippen LogP contribution in [-0.4, -0.2) is 41.4 Å². The molecule has 4 rings (SSSR count). The first-order valence-corrected chi connectivity index (χ1v) is 9.35. The fourth-order valence-corrected chi connectivity index (χ4v) is 3.33. The Labute approximate surface area is 163 Å². The summed E-state index contributed by atoms with van der Waals surface area (Å²) in [5.41, 5.74) is 3.27. The molecule has 6 nitrogen and oxygen atoms in total. The molecule has 1 N–H and O–H groups in total. The second kappa shape index (κ2) is 7.80. The summed E-state index contributed by atoms with van der Waals surface area (Å²) in [5.74, 6) is 1.31. The molecule has 0 bridgehead atoms. The number of nitrogens with one attached hydrogen (secondary N) is 1. The minimum Gasteiger partial charge on any atom is -0.368 e. The smallest absolute Gasteiger partial charge is 0.247 e. The van der Waals surface area contributed by atoms with Gasteiger partial charge in [-0.2, -0.15) is 10.1 Å². The first-order valence-electron chi connectivity index (χ1n) is 8.97. The Balaban J connectivity index is 1.45. The van der Waals surface area contributed by atoms with Crippen molar-refractivity contribution in [3.8, 4) is 0 Å².